The first-order valence-electron chi connectivity index (χ1n) is 5.90. The van der Waals surface area contributed by atoms with Crippen LogP contribution < -0.4 is 4.90 Å². The van der Waals surface area contributed by atoms with Crippen LogP contribution in [-0.4, -0.2) is 29.7 Å². The fraction of sp³-hybridized carbons (Fsp3) is 0.500. The van der Waals surface area contributed by atoms with Gasteiger partial charge in [-0.1, -0.05) is 13.3 Å². The van der Waals surface area contributed by atoms with Crippen molar-refractivity contribution in [1.29, 1.82) is 0 Å². The van der Waals surface area contributed by atoms with Gasteiger partial charge in [-0.15, -0.1) is 0 Å². The Morgan fingerprint density at radius 3 is 2.72 bits per heavy atom. The van der Waals surface area contributed by atoms with Crippen LogP contribution >= 0.6 is 22.6 Å². The van der Waals surface area contributed by atoms with Crippen molar-refractivity contribution >= 4 is 34.0 Å². The molecule has 0 aliphatic rings. The van der Waals surface area contributed by atoms with Crippen molar-refractivity contribution in [3.8, 4) is 0 Å². The molecule has 6 heteroatoms. The zero-order valence-electron chi connectivity index (χ0n) is 10.3. The van der Waals surface area contributed by atoms with Crippen molar-refractivity contribution < 1.29 is 10.0 Å². The maximum atomic E-state index is 11.1. The van der Waals surface area contributed by atoms with E-state index in [9.17, 15) is 10.1 Å². The molecule has 0 saturated heterocycles. The van der Waals surface area contributed by atoms with Crippen molar-refractivity contribution in [2.24, 2.45) is 0 Å². The maximum absolute atomic E-state index is 11.1. The zero-order valence-corrected chi connectivity index (χ0v) is 12.5. The Bertz CT molecular complexity index is 412. The molecule has 0 aliphatic carbocycles. The van der Waals surface area contributed by atoms with Crippen LogP contribution in [0.3, 0.4) is 0 Å². The normalized spacial score (nSPS) is 10.4. The second kappa shape index (κ2) is 7.52. The van der Waals surface area contributed by atoms with Crippen LogP contribution in [0.4, 0.5) is 11.4 Å². The van der Waals surface area contributed by atoms with E-state index in [0.29, 0.717) is 12.2 Å². The molecule has 0 bridgehead atoms. The second-order valence-corrected chi connectivity index (χ2v) is 5.20. The van der Waals surface area contributed by atoms with Crippen LogP contribution in [-0.2, 0) is 0 Å². The lowest BCUT2D eigenvalue weighted by Crippen LogP contribution is -2.28. The molecule has 0 amide bonds. The third kappa shape index (κ3) is 4.09. The number of nitro benzene ring substituents is 1. The molecule has 1 aromatic carbocycles. The molecular formula is C12H17IN2O3. The van der Waals surface area contributed by atoms with Crippen molar-refractivity contribution in [2.75, 3.05) is 24.6 Å². The lowest BCUT2D eigenvalue weighted by molar-refractivity contribution is -0.384. The lowest BCUT2D eigenvalue weighted by Gasteiger charge is -2.23. The summed E-state index contributed by atoms with van der Waals surface area (Å²) in [5.41, 5.74) is 0.689. The van der Waals surface area contributed by atoms with E-state index in [1.807, 2.05) is 11.0 Å². The molecule has 0 spiro atoms. The summed E-state index contributed by atoms with van der Waals surface area (Å²) in [6.07, 6.45) is 1.96. The van der Waals surface area contributed by atoms with Crippen LogP contribution in [0.5, 0.6) is 0 Å². The van der Waals surface area contributed by atoms with Gasteiger partial charge < -0.3 is 10.0 Å². The summed E-state index contributed by atoms with van der Waals surface area (Å²) in [5.74, 6) is 0. The van der Waals surface area contributed by atoms with E-state index < -0.39 is 0 Å². The molecule has 0 fully saturated rings. The standard InChI is InChI=1S/C12H17IN2O3/c1-2-3-6-14(7-8-16)11-5-4-10(13)9-12(11)15(17)18/h4-5,9,16H,2-3,6-8H2,1H3. The van der Waals surface area contributed by atoms with Crippen LogP contribution in [0, 0.1) is 13.7 Å². The lowest BCUT2D eigenvalue weighted by atomic mass is 10.2. The van der Waals surface area contributed by atoms with E-state index in [4.69, 9.17) is 5.11 Å². The number of aliphatic hydroxyl groups excluding tert-OH is 1. The molecule has 1 rings (SSSR count). The molecule has 0 atom stereocenters. The SMILES string of the molecule is CCCCN(CCO)c1ccc(I)cc1[N+](=O)[O-]. The van der Waals surface area contributed by atoms with E-state index in [0.717, 1.165) is 23.0 Å². The van der Waals surface area contributed by atoms with E-state index in [1.54, 1.807) is 12.1 Å². The van der Waals surface area contributed by atoms with E-state index in [-0.39, 0.29) is 17.2 Å². The first-order valence-corrected chi connectivity index (χ1v) is 6.97. The number of halogens is 1. The Balaban J connectivity index is 3.05. The van der Waals surface area contributed by atoms with E-state index in [2.05, 4.69) is 29.5 Å². The number of benzene rings is 1. The summed E-state index contributed by atoms with van der Waals surface area (Å²) in [6.45, 7) is 3.20. The summed E-state index contributed by atoms with van der Waals surface area (Å²) >= 11 is 2.06. The van der Waals surface area contributed by atoms with Crippen molar-refractivity contribution in [1.82, 2.24) is 0 Å². The zero-order chi connectivity index (χ0) is 13.5. The van der Waals surface area contributed by atoms with Crippen molar-refractivity contribution in [3.63, 3.8) is 0 Å². The van der Waals surface area contributed by atoms with Gasteiger partial charge in [0.25, 0.3) is 5.69 Å². The van der Waals surface area contributed by atoms with Crippen molar-refractivity contribution in [3.05, 3.63) is 31.9 Å². The molecule has 0 aliphatic heterocycles. The minimum absolute atomic E-state index is 0.00709. The Morgan fingerprint density at radius 1 is 1.44 bits per heavy atom. The van der Waals surface area contributed by atoms with Gasteiger partial charge in [-0.25, -0.2) is 0 Å². The molecule has 0 heterocycles. The van der Waals surface area contributed by atoms with Crippen molar-refractivity contribution in [2.45, 2.75) is 19.8 Å². The fourth-order valence-electron chi connectivity index (χ4n) is 1.73. The summed E-state index contributed by atoms with van der Waals surface area (Å²) in [6, 6.07) is 5.16. The van der Waals surface area contributed by atoms with Gasteiger partial charge in [0.1, 0.15) is 5.69 Å². The minimum Gasteiger partial charge on any atom is -0.395 e. The predicted octanol–water partition coefficient (Wildman–Crippen LogP) is 2.80. The molecule has 18 heavy (non-hydrogen) atoms. The highest BCUT2D eigenvalue weighted by Crippen LogP contribution is 2.29. The highest BCUT2D eigenvalue weighted by Gasteiger charge is 2.19. The number of aliphatic hydroxyl groups is 1. The average Bonchev–Trinajstić information content (AvgIpc) is 2.34. The van der Waals surface area contributed by atoms with Crippen LogP contribution in [0.15, 0.2) is 18.2 Å². The largest absolute Gasteiger partial charge is 0.395 e. The van der Waals surface area contributed by atoms with Gasteiger partial charge >= 0.3 is 0 Å². The van der Waals surface area contributed by atoms with Gasteiger partial charge in [0.15, 0.2) is 0 Å². The van der Waals surface area contributed by atoms with Gasteiger partial charge in [0.05, 0.1) is 11.5 Å². The smallest absolute Gasteiger partial charge is 0.293 e. The van der Waals surface area contributed by atoms with Gasteiger partial charge in [0, 0.05) is 22.7 Å². The molecule has 0 unspecified atom stereocenters. The van der Waals surface area contributed by atoms with Crippen LogP contribution in [0.2, 0.25) is 0 Å². The van der Waals surface area contributed by atoms with Gasteiger partial charge in [-0.3, -0.25) is 10.1 Å². The number of rotatable bonds is 7. The molecule has 0 saturated carbocycles. The maximum Gasteiger partial charge on any atom is 0.293 e. The second-order valence-electron chi connectivity index (χ2n) is 3.95. The van der Waals surface area contributed by atoms with Crippen LogP contribution in [0.1, 0.15) is 19.8 Å². The molecule has 0 aromatic heterocycles. The topological polar surface area (TPSA) is 66.6 Å². The van der Waals surface area contributed by atoms with Crippen LogP contribution in [0.25, 0.3) is 0 Å². The van der Waals surface area contributed by atoms with Gasteiger partial charge in [-0.2, -0.15) is 0 Å². The Morgan fingerprint density at radius 2 is 2.17 bits per heavy atom. The van der Waals surface area contributed by atoms with Gasteiger partial charge in [-0.05, 0) is 41.1 Å². The number of nitrogens with zero attached hydrogens (tertiary/aromatic N) is 2. The predicted molar refractivity (Wildman–Crippen MR) is 80.0 cm³/mol. The summed E-state index contributed by atoms with van der Waals surface area (Å²) in [4.78, 5) is 12.6. The number of anilines is 1. The van der Waals surface area contributed by atoms with E-state index in [1.165, 1.54) is 0 Å². The average molecular weight is 364 g/mol. The Hall–Kier alpha value is -0.890. The molecule has 1 N–H and O–H groups in total. The number of unbranched alkanes of at least 4 members (excludes halogenated alkanes) is 1. The number of hydrogen-bond donors (Lipinski definition) is 1. The Kier molecular flexibility index (Phi) is 6.34. The third-order valence-electron chi connectivity index (χ3n) is 2.63. The molecule has 0 radical (unpaired) electrons. The molecular weight excluding hydrogens is 347 g/mol. The van der Waals surface area contributed by atoms with Gasteiger partial charge in [0.2, 0.25) is 0 Å². The molecule has 100 valence electrons. The summed E-state index contributed by atoms with van der Waals surface area (Å²) < 4.78 is 0.836. The summed E-state index contributed by atoms with van der Waals surface area (Å²) in [5, 5.41) is 20.1. The highest BCUT2D eigenvalue weighted by molar-refractivity contribution is 14.1. The first kappa shape index (κ1) is 15.2. The molecule has 1 aromatic rings. The quantitative estimate of drug-likeness (QED) is 0.459. The summed E-state index contributed by atoms with van der Waals surface area (Å²) in [7, 11) is 0. The highest BCUT2D eigenvalue weighted by atomic mass is 127. The fourth-order valence-corrected chi connectivity index (χ4v) is 2.21. The number of nitro groups is 1. The molecule has 5 nitrogen and oxygen atoms in total. The number of hydrogen-bond acceptors (Lipinski definition) is 4. The Labute approximate surface area is 120 Å². The monoisotopic (exact) mass is 364 g/mol. The third-order valence-corrected chi connectivity index (χ3v) is 3.30. The minimum atomic E-state index is -0.367. The first-order chi connectivity index (χ1) is 8.60. The van der Waals surface area contributed by atoms with E-state index >= 15 is 0 Å².